The Bertz CT molecular complexity index is 731. The van der Waals surface area contributed by atoms with Crippen molar-refractivity contribution in [2.45, 2.75) is 32.4 Å². The number of rotatable bonds is 6. The van der Waals surface area contributed by atoms with E-state index in [0.29, 0.717) is 12.0 Å². The molecule has 2 aromatic carbocycles. The summed E-state index contributed by atoms with van der Waals surface area (Å²) in [5, 5.41) is 24.0. The fourth-order valence-electron chi connectivity index (χ4n) is 2.51. The molecule has 126 valence electrons. The highest BCUT2D eigenvalue weighted by molar-refractivity contribution is 5.99. The van der Waals surface area contributed by atoms with Gasteiger partial charge in [-0.2, -0.15) is 0 Å². The Morgan fingerprint density at radius 2 is 1.88 bits per heavy atom. The fraction of sp³-hybridized carbons (Fsp3) is 0.278. The molecule has 0 unspecified atom stereocenters. The predicted octanol–water partition coefficient (Wildman–Crippen LogP) is 2.63. The SMILES string of the molecule is Cc1cccc([N+](=O)[O-])c1C(=O)N[C@@H](C)[C@H](O)Cc1ccccc1. The summed E-state index contributed by atoms with van der Waals surface area (Å²) in [6.07, 6.45) is -0.405. The van der Waals surface area contributed by atoms with E-state index >= 15 is 0 Å². The third kappa shape index (κ3) is 4.17. The van der Waals surface area contributed by atoms with Crippen LogP contribution in [0, 0.1) is 17.0 Å². The van der Waals surface area contributed by atoms with Gasteiger partial charge < -0.3 is 10.4 Å². The predicted molar refractivity (Wildman–Crippen MR) is 90.9 cm³/mol. The van der Waals surface area contributed by atoms with Gasteiger partial charge in [-0.1, -0.05) is 42.5 Å². The van der Waals surface area contributed by atoms with Crippen LogP contribution in [0.2, 0.25) is 0 Å². The van der Waals surface area contributed by atoms with Crippen molar-refractivity contribution in [1.82, 2.24) is 5.32 Å². The minimum atomic E-state index is -0.792. The number of aliphatic hydroxyl groups is 1. The summed E-state index contributed by atoms with van der Waals surface area (Å²) in [4.78, 5) is 23.0. The molecular weight excluding hydrogens is 308 g/mol. The number of carbonyl (C=O) groups is 1. The van der Waals surface area contributed by atoms with Crippen molar-refractivity contribution >= 4 is 11.6 Å². The molecule has 0 bridgehead atoms. The number of amides is 1. The summed E-state index contributed by atoms with van der Waals surface area (Å²) in [5.41, 5.74) is 1.26. The van der Waals surface area contributed by atoms with Crippen molar-refractivity contribution in [3.8, 4) is 0 Å². The molecule has 0 saturated heterocycles. The number of aryl methyl sites for hydroxylation is 1. The van der Waals surface area contributed by atoms with Crippen molar-refractivity contribution in [3.05, 3.63) is 75.3 Å². The van der Waals surface area contributed by atoms with E-state index < -0.39 is 23.0 Å². The summed E-state index contributed by atoms with van der Waals surface area (Å²) >= 11 is 0. The molecule has 0 fully saturated rings. The Labute approximate surface area is 140 Å². The van der Waals surface area contributed by atoms with Crippen molar-refractivity contribution in [2.24, 2.45) is 0 Å². The normalized spacial score (nSPS) is 13.1. The second kappa shape index (κ2) is 7.70. The Hall–Kier alpha value is -2.73. The van der Waals surface area contributed by atoms with Crippen molar-refractivity contribution in [2.75, 3.05) is 0 Å². The monoisotopic (exact) mass is 328 g/mol. The summed E-state index contributed by atoms with van der Waals surface area (Å²) in [6, 6.07) is 13.4. The van der Waals surface area contributed by atoms with Gasteiger partial charge in [0.25, 0.3) is 11.6 Å². The van der Waals surface area contributed by atoms with Crippen molar-refractivity contribution in [1.29, 1.82) is 0 Å². The fourth-order valence-corrected chi connectivity index (χ4v) is 2.51. The molecule has 2 atom stereocenters. The Balaban J connectivity index is 2.10. The van der Waals surface area contributed by atoms with Crippen molar-refractivity contribution in [3.63, 3.8) is 0 Å². The summed E-state index contributed by atoms with van der Waals surface area (Å²) in [5.74, 6) is -0.556. The molecule has 24 heavy (non-hydrogen) atoms. The van der Waals surface area contributed by atoms with Crippen LogP contribution in [0.25, 0.3) is 0 Å². The third-order valence-corrected chi connectivity index (χ3v) is 3.90. The topological polar surface area (TPSA) is 92.5 Å². The van der Waals surface area contributed by atoms with E-state index in [2.05, 4.69) is 5.32 Å². The maximum Gasteiger partial charge on any atom is 0.282 e. The molecule has 0 saturated carbocycles. The third-order valence-electron chi connectivity index (χ3n) is 3.90. The molecule has 0 aliphatic carbocycles. The molecule has 2 aromatic rings. The number of benzene rings is 2. The molecule has 0 aliphatic heterocycles. The van der Waals surface area contributed by atoms with Gasteiger partial charge in [0.2, 0.25) is 0 Å². The van der Waals surface area contributed by atoms with E-state index in [9.17, 15) is 20.0 Å². The number of hydrogen-bond donors (Lipinski definition) is 2. The van der Waals surface area contributed by atoms with Crippen LogP contribution in [-0.2, 0) is 6.42 Å². The first-order chi connectivity index (χ1) is 11.4. The number of nitro benzene ring substituents is 1. The van der Waals surface area contributed by atoms with Gasteiger partial charge in [0.1, 0.15) is 5.56 Å². The zero-order chi connectivity index (χ0) is 17.7. The Kier molecular flexibility index (Phi) is 5.65. The van der Waals surface area contributed by atoms with Crippen molar-refractivity contribution < 1.29 is 14.8 Å². The first-order valence-corrected chi connectivity index (χ1v) is 7.67. The maximum atomic E-state index is 12.4. The van der Waals surface area contributed by atoms with Crippen LogP contribution < -0.4 is 5.32 Å². The average Bonchev–Trinajstić information content (AvgIpc) is 2.55. The highest BCUT2D eigenvalue weighted by Crippen LogP contribution is 2.22. The lowest BCUT2D eigenvalue weighted by atomic mass is 10.0. The van der Waals surface area contributed by atoms with Gasteiger partial charge in [-0.3, -0.25) is 14.9 Å². The second-order valence-electron chi connectivity index (χ2n) is 5.75. The van der Waals surface area contributed by atoms with Crippen LogP contribution >= 0.6 is 0 Å². The molecule has 6 nitrogen and oxygen atoms in total. The van der Waals surface area contributed by atoms with Gasteiger partial charge in [0.15, 0.2) is 0 Å². The lowest BCUT2D eigenvalue weighted by molar-refractivity contribution is -0.385. The minimum absolute atomic E-state index is 0.0289. The van der Waals surface area contributed by atoms with Crippen LogP contribution in [0.4, 0.5) is 5.69 Å². The van der Waals surface area contributed by atoms with E-state index in [1.165, 1.54) is 12.1 Å². The molecule has 0 heterocycles. The number of nitrogens with zero attached hydrogens (tertiary/aromatic N) is 1. The van der Waals surface area contributed by atoms with Crippen LogP contribution in [0.5, 0.6) is 0 Å². The first kappa shape index (κ1) is 17.6. The smallest absolute Gasteiger partial charge is 0.282 e. The summed E-state index contributed by atoms with van der Waals surface area (Å²) in [7, 11) is 0. The lowest BCUT2D eigenvalue weighted by Crippen LogP contribution is -2.42. The van der Waals surface area contributed by atoms with Crippen LogP contribution in [-0.4, -0.2) is 28.1 Å². The molecule has 0 radical (unpaired) electrons. The van der Waals surface area contributed by atoms with Gasteiger partial charge in [-0.05, 0) is 25.0 Å². The van der Waals surface area contributed by atoms with Gasteiger partial charge in [0, 0.05) is 12.5 Å². The van der Waals surface area contributed by atoms with Gasteiger partial charge in [0.05, 0.1) is 17.1 Å². The molecule has 0 spiro atoms. The van der Waals surface area contributed by atoms with E-state index in [4.69, 9.17) is 0 Å². The minimum Gasteiger partial charge on any atom is -0.391 e. The summed E-state index contributed by atoms with van der Waals surface area (Å²) in [6.45, 7) is 3.32. The highest BCUT2D eigenvalue weighted by atomic mass is 16.6. The maximum absolute atomic E-state index is 12.4. The first-order valence-electron chi connectivity index (χ1n) is 7.67. The molecule has 0 aliphatic rings. The standard InChI is InChI=1S/C18H20N2O4/c1-12-7-6-10-15(20(23)24)17(12)18(22)19-13(2)16(21)11-14-8-4-3-5-9-14/h3-10,13,16,21H,11H2,1-2H3,(H,19,22)/t13-,16+/m0/s1. The zero-order valence-electron chi connectivity index (χ0n) is 13.6. The van der Waals surface area contributed by atoms with Crippen LogP contribution in [0.15, 0.2) is 48.5 Å². The molecule has 2 N–H and O–H groups in total. The van der Waals surface area contributed by atoms with Crippen LogP contribution in [0.1, 0.15) is 28.4 Å². The van der Waals surface area contributed by atoms with E-state index in [1.807, 2.05) is 30.3 Å². The van der Waals surface area contributed by atoms with E-state index in [1.54, 1.807) is 19.9 Å². The second-order valence-corrected chi connectivity index (χ2v) is 5.75. The number of carbonyl (C=O) groups excluding carboxylic acids is 1. The highest BCUT2D eigenvalue weighted by Gasteiger charge is 2.25. The van der Waals surface area contributed by atoms with Gasteiger partial charge >= 0.3 is 0 Å². The molecule has 6 heteroatoms. The quantitative estimate of drug-likeness (QED) is 0.630. The molecule has 0 aromatic heterocycles. The molecular formula is C18H20N2O4. The number of nitro groups is 1. The Morgan fingerprint density at radius 1 is 1.21 bits per heavy atom. The lowest BCUT2D eigenvalue weighted by Gasteiger charge is -2.21. The zero-order valence-corrected chi connectivity index (χ0v) is 13.6. The van der Waals surface area contributed by atoms with Gasteiger partial charge in [-0.25, -0.2) is 0 Å². The number of nitrogens with one attached hydrogen (secondary N) is 1. The Morgan fingerprint density at radius 3 is 2.50 bits per heavy atom. The van der Waals surface area contributed by atoms with E-state index in [0.717, 1.165) is 5.56 Å². The summed E-state index contributed by atoms with van der Waals surface area (Å²) < 4.78 is 0. The van der Waals surface area contributed by atoms with Crippen LogP contribution in [0.3, 0.4) is 0 Å². The largest absolute Gasteiger partial charge is 0.391 e. The number of aliphatic hydroxyl groups excluding tert-OH is 1. The average molecular weight is 328 g/mol. The molecule has 2 rings (SSSR count). The molecule has 1 amide bonds. The van der Waals surface area contributed by atoms with E-state index in [-0.39, 0.29) is 11.3 Å². The number of hydrogen-bond acceptors (Lipinski definition) is 4. The van der Waals surface area contributed by atoms with Gasteiger partial charge in [-0.15, -0.1) is 0 Å².